The number of nitriles is 1. The van der Waals surface area contributed by atoms with Crippen LogP contribution in [0.1, 0.15) is 12.0 Å². The van der Waals surface area contributed by atoms with Crippen molar-refractivity contribution in [2.75, 3.05) is 6.54 Å². The minimum atomic E-state index is -5.08. The molecule has 2 aromatic rings. The number of hydrogen-bond acceptors (Lipinski definition) is 6. The zero-order valence-corrected chi connectivity index (χ0v) is 16.2. The van der Waals surface area contributed by atoms with E-state index >= 15 is 0 Å². The second-order valence-electron chi connectivity index (χ2n) is 6.88. The summed E-state index contributed by atoms with van der Waals surface area (Å²) >= 11 is 0. The quantitative estimate of drug-likeness (QED) is 0.357. The number of nitrogens with zero attached hydrogens (tertiary/aromatic N) is 3. The topological polar surface area (TPSA) is 166 Å². The molecule has 0 radical (unpaired) electrons. The molecule has 0 bridgehead atoms. The van der Waals surface area contributed by atoms with Gasteiger partial charge in [-0.3, -0.25) is 14.9 Å². The molecule has 0 saturated carbocycles. The smallest absolute Gasteiger partial charge is 0.475 e. The number of nitro benzene ring substituents is 1. The van der Waals surface area contributed by atoms with Crippen LogP contribution in [0.3, 0.4) is 0 Å². The van der Waals surface area contributed by atoms with Crippen molar-refractivity contribution < 1.29 is 37.2 Å². The first-order chi connectivity index (χ1) is 14.8. The number of aromatic nitrogens is 1. The van der Waals surface area contributed by atoms with Crippen LogP contribution in [-0.2, 0) is 16.0 Å². The van der Waals surface area contributed by atoms with E-state index in [1.54, 1.807) is 12.3 Å². The summed E-state index contributed by atoms with van der Waals surface area (Å²) in [7, 11) is 0. The van der Waals surface area contributed by atoms with Gasteiger partial charge in [-0.2, -0.15) is 18.4 Å². The van der Waals surface area contributed by atoms with Crippen LogP contribution in [-0.4, -0.2) is 62.8 Å². The van der Waals surface area contributed by atoms with E-state index in [9.17, 15) is 32.5 Å². The van der Waals surface area contributed by atoms with Crippen LogP contribution in [0.4, 0.5) is 23.2 Å². The summed E-state index contributed by atoms with van der Waals surface area (Å²) in [5.41, 5.74) is 7.26. The van der Waals surface area contributed by atoms with Crippen molar-refractivity contribution >= 4 is 28.5 Å². The van der Waals surface area contributed by atoms with Crippen molar-refractivity contribution in [2.24, 2.45) is 5.73 Å². The van der Waals surface area contributed by atoms with Gasteiger partial charge in [0.05, 0.1) is 23.6 Å². The molecule has 3 rings (SSSR count). The summed E-state index contributed by atoms with van der Waals surface area (Å²) in [4.78, 5) is 35.9. The Labute approximate surface area is 177 Å². The van der Waals surface area contributed by atoms with Gasteiger partial charge in [0.1, 0.15) is 12.2 Å². The third kappa shape index (κ3) is 5.70. The van der Waals surface area contributed by atoms with Crippen molar-refractivity contribution in [1.82, 2.24) is 9.88 Å². The molecule has 1 saturated heterocycles. The molecule has 1 aromatic heterocycles. The highest BCUT2D eigenvalue weighted by molar-refractivity contribution is 5.87. The number of nitro groups is 1. The molecule has 1 aliphatic heterocycles. The number of amides is 1. The number of aliphatic carboxylic acids is 1. The fourth-order valence-corrected chi connectivity index (χ4v) is 3.14. The maximum absolute atomic E-state index is 13.5. The van der Waals surface area contributed by atoms with Crippen LogP contribution >= 0.6 is 0 Å². The SMILES string of the molecule is N#C[C@@H]1C[C@H](F)CN1C(=O)[C@@H](N)Cc1c[nH]c2ccc([N+](=O)[O-])cc12.O=C(O)C(F)(F)F. The van der Waals surface area contributed by atoms with Crippen molar-refractivity contribution in [3.05, 3.63) is 40.1 Å². The molecule has 0 unspecified atom stereocenters. The highest BCUT2D eigenvalue weighted by Gasteiger charge is 2.38. The Kier molecular flexibility index (Phi) is 7.36. The van der Waals surface area contributed by atoms with E-state index in [1.807, 2.05) is 6.07 Å². The average molecular weight is 459 g/mol. The molecule has 0 spiro atoms. The van der Waals surface area contributed by atoms with Crippen LogP contribution in [0, 0.1) is 21.4 Å². The van der Waals surface area contributed by atoms with Gasteiger partial charge in [-0.05, 0) is 18.1 Å². The molecule has 172 valence electrons. The van der Waals surface area contributed by atoms with E-state index in [1.165, 1.54) is 17.0 Å². The molecule has 32 heavy (non-hydrogen) atoms. The van der Waals surface area contributed by atoms with Crippen LogP contribution in [0.5, 0.6) is 0 Å². The number of aromatic amines is 1. The van der Waals surface area contributed by atoms with Gasteiger partial charge in [-0.25, -0.2) is 9.18 Å². The zero-order chi connectivity index (χ0) is 24.2. The lowest BCUT2D eigenvalue weighted by atomic mass is 10.0. The van der Waals surface area contributed by atoms with Crippen molar-refractivity contribution in [1.29, 1.82) is 5.26 Å². The van der Waals surface area contributed by atoms with Gasteiger partial charge in [0.2, 0.25) is 5.91 Å². The highest BCUT2D eigenvalue weighted by Crippen LogP contribution is 2.26. The van der Waals surface area contributed by atoms with Crippen molar-refractivity contribution in [3.8, 4) is 6.07 Å². The predicted molar refractivity (Wildman–Crippen MR) is 101 cm³/mol. The molecule has 1 fully saturated rings. The van der Waals surface area contributed by atoms with Gasteiger partial charge in [-0.1, -0.05) is 0 Å². The molecule has 1 amide bonds. The van der Waals surface area contributed by atoms with Crippen molar-refractivity contribution in [2.45, 2.75) is 37.3 Å². The van der Waals surface area contributed by atoms with Gasteiger partial charge >= 0.3 is 12.1 Å². The summed E-state index contributed by atoms with van der Waals surface area (Å²) in [6, 6.07) is 4.54. The van der Waals surface area contributed by atoms with Crippen LogP contribution in [0.15, 0.2) is 24.4 Å². The largest absolute Gasteiger partial charge is 0.490 e. The standard InChI is InChI=1S/C16H16FN5O3.C2HF3O2/c17-10-4-12(6-18)21(8-10)16(23)14(19)3-9-7-20-15-2-1-11(22(24)25)5-13(9)15;3-2(4,5)1(6)7/h1-2,5,7,10,12,14,20H,3-4,8,19H2;(H,6,7)/t10-,12-,14-;/m0./s1. The number of rotatable bonds is 4. The molecule has 0 aliphatic carbocycles. The number of carboxylic acid groups (broad SMARTS) is 1. The van der Waals surface area contributed by atoms with E-state index in [0.29, 0.717) is 16.5 Å². The minimum absolute atomic E-state index is 0.00571. The first-order valence-corrected chi connectivity index (χ1v) is 8.99. The molecular formula is C18H17F4N5O5. The Morgan fingerprint density at radius 2 is 2.06 bits per heavy atom. The number of benzene rings is 1. The lowest BCUT2D eigenvalue weighted by molar-refractivity contribution is -0.384. The number of carbonyl (C=O) groups excluding carboxylic acids is 1. The summed E-state index contributed by atoms with van der Waals surface area (Å²) in [5, 5.41) is 27.7. The van der Waals surface area contributed by atoms with E-state index in [2.05, 4.69) is 4.98 Å². The summed E-state index contributed by atoms with van der Waals surface area (Å²) in [6.45, 7) is -0.135. The summed E-state index contributed by atoms with van der Waals surface area (Å²) in [5.74, 6) is -3.25. The van der Waals surface area contributed by atoms with E-state index in [-0.39, 0.29) is 25.1 Å². The number of fused-ring (bicyclic) bond motifs is 1. The first kappa shape index (κ1) is 24.5. The molecule has 4 N–H and O–H groups in total. The van der Waals surface area contributed by atoms with Gasteiger partial charge < -0.3 is 20.7 Å². The number of alkyl halides is 4. The zero-order valence-electron chi connectivity index (χ0n) is 16.2. The number of halogens is 4. The molecule has 1 aromatic carbocycles. The predicted octanol–water partition coefficient (Wildman–Crippen LogP) is 2.04. The Balaban J connectivity index is 0.000000451. The number of nitrogens with one attached hydrogen (secondary N) is 1. The Hall–Kier alpha value is -3.73. The number of hydrogen-bond donors (Lipinski definition) is 3. The third-order valence-electron chi connectivity index (χ3n) is 4.64. The van der Waals surface area contributed by atoms with Crippen LogP contribution in [0.2, 0.25) is 0 Å². The molecule has 2 heterocycles. The van der Waals surface area contributed by atoms with Gasteiger partial charge in [0, 0.05) is 35.7 Å². The maximum Gasteiger partial charge on any atom is 0.490 e. The number of carbonyl (C=O) groups is 2. The lowest BCUT2D eigenvalue weighted by Gasteiger charge is -2.23. The van der Waals surface area contributed by atoms with Crippen LogP contribution in [0.25, 0.3) is 10.9 Å². The highest BCUT2D eigenvalue weighted by atomic mass is 19.4. The Morgan fingerprint density at radius 3 is 2.59 bits per heavy atom. The second-order valence-corrected chi connectivity index (χ2v) is 6.88. The molecular weight excluding hydrogens is 442 g/mol. The second kappa shape index (κ2) is 9.60. The Morgan fingerprint density at radius 1 is 1.44 bits per heavy atom. The van der Waals surface area contributed by atoms with Crippen molar-refractivity contribution in [3.63, 3.8) is 0 Å². The normalized spacial score (nSPS) is 19.1. The monoisotopic (exact) mass is 459 g/mol. The number of carboxylic acids is 1. The van der Waals surface area contributed by atoms with Gasteiger partial charge in [0.25, 0.3) is 5.69 Å². The maximum atomic E-state index is 13.5. The summed E-state index contributed by atoms with van der Waals surface area (Å²) < 4.78 is 45.2. The molecule has 14 heteroatoms. The van der Waals surface area contributed by atoms with E-state index in [0.717, 1.165) is 0 Å². The fourth-order valence-electron chi connectivity index (χ4n) is 3.14. The number of nitrogens with two attached hydrogens (primary N) is 1. The molecule has 3 atom stereocenters. The minimum Gasteiger partial charge on any atom is -0.475 e. The fraction of sp³-hybridized carbons (Fsp3) is 0.389. The number of non-ortho nitro benzene ring substituents is 1. The van der Waals surface area contributed by atoms with Crippen LogP contribution < -0.4 is 5.73 Å². The molecule has 10 nitrogen and oxygen atoms in total. The lowest BCUT2D eigenvalue weighted by Crippen LogP contribution is -2.46. The number of likely N-dealkylation sites (tertiary alicyclic amines) is 1. The van der Waals surface area contributed by atoms with E-state index in [4.69, 9.17) is 20.9 Å². The third-order valence-corrected chi connectivity index (χ3v) is 4.64. The average Bonchev–Trinajstić information content (AvgIpc) is 3.29. The summed E-state index contributed by atoms with van der Waals surface area (Å²) in [6.07, 6.45) is -4.54. The van der Waals surface area contributed by atoms with Gasteiger partial charge in [-0.15, -0.1) is 0 Å². The Bertz CT molecular complexity index is 1060. The van der Waals surface area contributed by atoms with E-state index < -0.39 is 41.2 Å². The first-order valence-electron chi connectivity index (χ1n) is 8.99. The van der Waals surface area contributed by atoms with Gasteiger partial charge in [0.15, 0.2) is 0 Å². The number of H-pyrrole nitrogens is 1. The molecule has 1 aliphatic rings.